The van der Waals surface area contributed by atoms with Gasteiger partial charge in [-0.3, -0.25) is 9.97 Å². The van der Waals surface area contributed by atoms with E-state index >= 15 is 0 Å². The fourth-order valence-corrected chi connectivity index (χ4v) is 7.86. The second kappa shape index (κ2) is 20.2. The lowest BCUT2D eigenvalue weighted by Crippen LogP contribution is -2.54. The molecule has 2 atom stereocenters. The number of ether oxygens (including phenoxy) is 3. The molecule has 65 heavy (non-hydrogen) atoms. The number of hydrogen-bond donors (Lipinski definition) is 0. The highest BCUT2D eigenvalue weighted by Crippen LogP contribution is 2.34. The SMILES string of the molecule is FC(F)(F)c1ccc(COc2ccccc2B(c2ccccn2)C(OC(B(c2ccccn2)c2ccccc2OCc2ccc(C(F)(F)F)cc2)c2ccccc2)c2ccccc2)cc1. The van der Waals surface area contributed by atoms with Crippen molar-refractivity contribution in [3.63, 3.8) is 0 Å². The van der Waals surface area contributed by atoms with Gasteiger partial charge in [-0.25, -0.2) is 0 Å². The normalized spacial score (nSPS) is 12.5. The van der Waals surface area contributed by atoms with Gasteiger partial charge in [0, 0.05) is 23.6 Å². The Labute approximate surface area is 373 Å². The minimum atomic E-state index is -4.47. The molecule has 0 saturated heterocycles. The van der Waals surface area contributed by atoms with E-state index in [0.717, 1.165) is 46.3 Å². The number of para-hydroxylation sites is 2. The average Bonchev–Trinajstić information content (AvgIpc) is 3.33. The van der Waals surface area contributed by atoms with Crippen molar-refractivity contribution in [1.29, 1.82) is 0 Å². The molecule has 0 fully saturated rings. The van der Waals surface area contributed by atoms with Crippen molar-refractivity contribution < 1.29 is 40.6 Å². The van der Waals surface area contributed by atoms with E-state index in [4.69, 9.17) is 24.2 Å². The third-order valence-electron chi connectivity index (χ3n) is 11.0. The molecule has 2 heterocycles. The van der Waals surface area contributed by atoms with Gasteiger partial charge in [0.2, 0.25) is 0 Å². The Morgan fingerprint density at radius 3 is 1.11 bits per heavy atom. The van der Waals surface area contributed by atoms with Crippen molar-refractivity contribution >= 4 is 35.5 Å². The zero-order valence-corrected chi connectivity index (χ0v) is 34.7. The van der Waals surface area contributed by atoms with Crippen molar-refractivity contribution in [3.05, 3.63) is 240 Å². The largest absolute Gasteiger partial charge is 0.489 e. The Balaban J connectivity index is 1.23. The highest BCUT2D eigenvalue weighted by atomic mass is 19.4. The highest BCUT2D eigenvalue weighted by molar-refractivity contribution is 6.87. The van der Waals surface area contributed by atoms with E-state index in [1.54, 1.807) is 12.4 Å². The standard InChI is InChI=1S/C52H40B2F6N2O3/c55-51(56,57)41-29-25-37(26-30-41)35-63-45-21-9-7-19-43(45)53(47-23-11-13-33-61-47)49(39-15-3-1-4-16-39)65-50(40-17-5-2-6-18-40)54(48-24-12-14-34-62-48)44-20-8-10-22-46(44)64-36-38-27-31-42(32-28-38)52(58,59)60/h1-34,49-50H,35-36H2. The molecule has 8 aromatic rings. The number of nitrogens with zero attached hydrogens (tertiary/aromatic N) is 2. The summed E-state index contributed by atoms with van der Waals surface area (Å²) in [6.45, 7) is -1.22. The van der Waals surface area contributed by atoms with Gasteiger partial charge in [0.15, 0.2) is 0 Å². The van der Waals surface area contributed by atoms with Gasteiger partial charge in [0.25, 0.3) is 13.4 Å². The third kappa shape index (κ3) is 11.0. The molecule has 13 heteroatoms. The van der Waals surface area contributed by atoms with Crippen LogP contribution in [0.1, 0.15) is 45.4 Å². The first-order valence-corrected chi connectivity index (χ1v) is 20.9. The summed E-state index contributed by atoms with van der Waals surface area (Å²) in [7, 11) is 0. The summed E-state index contributed by atoms with van der Waals surface area (Å²) in [5, 5.41) is 0. The third-order valence-corrected chi connectivity index (χ3v) is 11.0. The number of hydrogen-bond acceptors (Lipinski definition) is 5. The van der Waals surface area contributed by atoms with Crippen LogP contribution >= 0.6 is 0 Å². The van der Waals surface area contributed by atoms with E-state index in [2.05, 4.69) is 0 Å². The molecule has 0 amide bonds. The number of aromatic nitrogens is 2. The molecule has 0 radical (unpaired) electrons. The molecule has 8 rings (SSSR count). The molecular weight excluding hydrogens is 836 g/mol. The van der Waals surface area contributed by atoms with E-state index < -0.39 is 48.9 Å². The molecule has 0 aliphatic heterocycles. The second-order valence-electron chi connectivity index (χ2n) is 15.3. The van der Waals surface area contributed by atoms with E-state index in [9.17, 15) is 26.3 Å². The monoisotopic (exact) mass is 876 g/mol. The van der Waals surface area contributed by atoms with Gasteiger partial charge in [0.05, 0.1) is 23.1 Å². The lowest BCUT2D eigenvalue weighted by atomic mass is 9.35. The van der Waals surface area contributed by atoms with Crippen molar-refractivity contribution in [2.45, 2.75) is 37.6 Å². The molecule has 0 N–H and O–H groups in total. The van der Waals surface area contributed by atoms with E-state index in [1.165, 1.54) is 24.3 Å². The molecule has 2 unspecified atom stereocenters. The Morgan fingerprint density at radius 2 is 0.754 bits per heavy atom. The van der Waals surface area contributed by atoms with Crippen LogP contribution in [0, 0.1) is 0 Å². The Morgan fingerprint density at radius 1 is 0.400 bits per heavy atom. The Bertz CT molecular complexity index is 2540. The minimum Gasteiger partial charge on any atom is -0.489 e. The van der Waals surface area contributed by atoms with Crippen molar-refractivity contribution in [2.24, 2.45) is 0 Å². The van der Waals surface area contributed by atoms with Gasteiger partial charge < -0.3 is 14.2 Å². The van der Waals surface area contributed by atoms with Crippen LogP contribution in [0.25, 0.3) is 0 Å². The maximum Gasteiger partial charge on any atom is 0.416 e. The van der Waals surface area contributed by atoms with E-state index in [0.29, 0.717) is 33.8 Å². The van der Waals surface area contributed by atoms with Crippen LogP contribution in [0.2, 0.25) is 0 Å². The first kappa shape index (κ1) is 44.5. The molecule has 324 valence electrons. The average molecular weight is 877 g/mol. The Hall–Kier alpha value is -7.11. The maximum atomic E-state index is 13.4. The summed E-state index contributed by atoms with van der Waals surface area (Å²) < 4.78 is 101. The zero-order valence-electron chi connectivity index (χ0n) is 34.7. The van der Waals surface area contributed by atoms with Gasteiger partial charge in [-0.1, -0.05) is 133 Å². The molecule has 0 saturated carbocycles. The molecule has 5 nitrogen and oxygen atoms in total. The number of rotatable bonds is 16. The van der Waals surface area contributed by atoms with Crippen molar-refractivity contribution in [1.82, 2.24) is 9.97 Å². The number of alkyl halides is 6. The van der Waals surface area contributed by atoms with Gasteiger partial charge in [-0.15, -0.1) is 0 Å². The molecular formula is C52H40B2F6N2O3. The van der Waals surface area contributed by atoms with Crippen LogP contribution in [0.15, 0.2) is 207 Å². The summed E-state index contributed by atoms with van der Waals surface area (Å²) in [5.74, 6) is 0.985. The van der Waals surface area contributed by atoms with Crippen LogP contribution in [-0.4, -0.2) is 23.4 Å². The van der Waals surface area contributed by atoms with Crippen LogP contribution in [0.3, 0.4) is 0 Å². The Kier molecular flexibility index (Phi) is 13.8. The van der Waals surface area contributed by atoms with Crippen molar-refractivity contribution in [3.8, 4) is 11.5 Å². The summed E-state index contributed by atoms with van der Waals surface area (Å²) in [6, 6.07) is 54.2. The first-order chi connectivity index (χ1) is 31.5. The number of pyridine rings is 2. The summed E-state index contributed by atoms with van der Waals surface area (Å²) in [4.78, 5) is 9.77. The van der Waals surface area contributed by atoms with Gasteiger partial charge in [-0.05, 0) is 93.8 Å². The lowest BCUT2D eigenvalue weighted by molar-refractivity contribution is -0.138. The predicted molar refractivity (Wildman–Crippen MR) is 242 cm³/mol. The maximum absolute atomic E-state index is 13.4. The van der Waals surface area contributed by atoms with Gasteiger partial charge in [-0.2, -0.15) is 26.3 Å². The van der Waals surface area contributed by atoms with Crippen molar-refractivity contribution in [2.75, 3.05) is 0 Å². The quantitative estimate of drug-likeness (QED) is 0.0715. The van der Waals surface area contributed by atoms with E-state index in [-0.39, 0.29) is 13.2 Å². The van der Waals surface area contributed by atoms with Crippen LogP contribution in [-0.2, 0) is 30.3 Å². The lowest BCUT2D eigenvalue weighted by Gasteiger charge is -2.34. The number of halogens is 6. The smallest absolute Gasteiger partial charge is 0.416 e. The summed E-state index contributed by atoms with van der Waals surface area (Å²) in [6.07, 6.45) is -5.50. The molecule has 6 aromatic carbocycles. The molecule has 0 aliphatic rings. The molecule has 2 aromatic heterocycles. The second-order valence-corrected chi connectivity index (χ2v) is 15.3. The summed E-state index contributed by atoms with van der Waals surface area (Å²) >= 11 is 0. The van der Waals surface area contributed by atoms with Gasteiger partial charge >= 0.3 is 12.4 Å². The van der Waals surface area contributed by atoms with E-state index in [1.807, 2.05) is 146 Å². The van der Waals surface area contributed by atoms with Gasteiger partial charge in [0.1, 0.15) is 24.7 Å². The van der Waals surface area contributed by atoms with Crippen LogP contribution in [0.4, 0.5) is 26.3 Å². The van der Waals surface area contributed by atoms with Crippen LogP contribution < -0.4 is 31.6 Å². The predicted octanol–water partition coefficient (Wildman–Crippen LogP) is 10.2. The van der Waals surface area contributed by atoms with Crippen LogP contribution in [0.5, 0.6) is 11.5 Å². The first-order valence-electron chi connectivity index (χ1n) is 20.9. The fraction of sp³-hybridized carbons (Fsp3) is 0.115. The topological polar surface area (TPSA) is 53.5 Å². The molecule has 0 spiro atoms. The molecule has 0 aliphatic carbocycles. The highest BCUT2D eigenvalue weighted by Gasteiger charge is 2.42. The zero-order chi connectivity index (χ0) is 45.2. The number of benzene rings is 6. The summed E-state index contributed by atoms with van der Waals surface area (Å²) in [5.41, 5.74) is 4.08. The fourth-order valence-electron chi connectivity index (χ4n) is 7.86. The molecule has 0 bridgehead atoms. The minimum absolute atomic E-state index is 0.00139.